The third-order valence-corrected chi connectivity index (χ3v) is 5.37. The summed E-state index contributed by atoms with van der Waals surface area (Å²) in [7, 11) is 2.01. The van der Waals surface area contributed by atoms with Crippen LogP contribution in [0.15, 0.2) is 12.4 Å². The number of carbonyl (C=O) groups excluding carboxylic acids is 2. The van der Waals surface area contributed by atoms with E-state index in [1.165, 1.54) is 0 Å². The van der Waals surface area contributed by atoms with Crippen LogP contribution in [0.5, 0.6) is 0 Å². The highest BCUT2D eigenvalue weighted by molar-refractivity contribution is 5.87. The number of nitrogens with zero attached hydrogens (tertiary/aromatic N) is 5. The van der Waals surface area contributed by atoms with Gasteiger partial charge in [-0.25, -0.2) is 4.98 Å². The fraction of sp³-hybridized carbons (Fsp3) is 0.722. The number of likely N-dealkylation sites (tertiary alicyclic amines) is 1. The normalized spacial score (nSPS) is 21.3. The summed E-state index contributed by atoms with van der Waals surface area (Å²) in [6.07, 6.45) is 7.26. The predicted octanol–water partition coefficient (Wildman–Crippen LogP) is 0.855. The number of aromatic nitrogens is 2. The van der Waals surface area contributed by atoms with Gasteiger partial charge in [0.15, 0.2) is 0 Å². The highest BCUT2D eigenvalue weighted by atomic mass is 16.2. The average Bonchev–Trinajstić information content (AvgIpc) is 2.87. The standard InChI is InChI=1S/C18H29N5O2/c1-15(23-10-4-3-6-17(23)24)18(25)22-9-5-8-21(12-13-22)14-16-19-7-11-20(16)2/h7,11,15H,3-6,8-10,12-14H2,1-2H3/t15-/m1/s1. The lowest BCUT2D eigenvalue weighted by Crippen LogP contribution is -2.51. The second-order valence-corrected chi connectivity index (χ2v) is 7.13. The summed E-state index contributed by atoms with van der Waals surface area (Å²) in [4.78, 5) is 35.4. The number of piperidine rings is 1. The van der Waals surface area contributed by atoms with Gasteiger partial charge >= 0.3 is 0 Å². The van der Waals surface area contributed by atoms with E-state index in [1.54, 1.807) is 4.90 Å². The van der Waals surface area contributed by atoms with Crippen molar-refractivity contribution in [2.45, 2.75) is 45.2 Å². The van der Waals surface area contributed by atoms with E-state index in [0.29, 0.717) is 13.0 Å². The molecule has 0 aliphatic carbocycles. The molecule has 2 amide bonds. The monoisotopic (exact) mass is 347 g/mol. The summed E-state index contributed by atoms with van der Waals surface area (Å²) in [5, 5.41) is 0. The van der Waals surface area contributed by atoms with Crippen LogP contribution in [0, 0.1) is 0 Å². The lowest BCUT2D eigenvalue weighted by Gasteiger charge is -2.34. The number of hydrogen-bond donors (Lipinski definition) is 0. The first kappa shape index (κ1) is 17.9. The Morgan fingerprint density at radius 2 is 2.00 bits per heavy atom. The Morgan fingerprint density at radius 1 is 1.16 bits per heavy atom. The van der Waals surface area contributed by atoms with Gasteiger partial charge in [0.25, 0.3) is 0 Å². The Hall–Kier alpha value is -1.89. The summed E-state index contributed by atoms with van der Waals surface area (Å²) in [5.41, 5.74) is 0. The number of imidazole rings is 1. The van der Waals surface area contributed by atoms with Gasteiger partial charge in [-0.2, -0.15) is 0 Å². The number of amides is 2. The molecule has 7 nitrogen and oxygen atoms in total. The summed E-state index contributed by atoms with van der Waals surface area (Å²) >= 11 is 0. The van der Waals surface area contributed by atoms with Crippen molar-refractivity contribution >= 4 is 11.8 Å². The molecule has 25 heavy (non-hydrogen) atoms. The quantitative estimate of drug-likeness (QED) is 0.810. The maximum Gasteiger partial charge on any atom is 0.245 e. The minimum Gasteiger partial charge on any atom is -0.340 e. The van der Waals surface area contributed by atoms with Gasteiger partial charge in [-0.3, -0.25) is 14.5 Å². The third kappa shape index (κ3) is 4.21. The molecule has 2 aliphatic heterocycles. The molecule has 0 saturated carbocycles. The highest BCUT2D eigenvalue weighted by Crippen LogP contribution is 2.16. The fourth-order valence-corrected chi connectivity index (χ4v) is 3.73. The first-order chi connectivity index (χ1) is 12.1. The zero-order chi connectivity index (χ0) is 17.8. The van der Waals surface area contributed by atoms with Crippen molar-refractivity contribution in [3.8, 4) is 0 Å². The molecule has 0 unspecified atom stereocenters. The molecule has 138 valence electrons. The minimum atomic E-state index is -0.339. The summed E-state index contributed by atoms with van der Waals surface area (Å²) in [6.45, 7) is 6.70. The lowest BCUT2D eigenvalue weighted by molar-refractivity contribution is -0.146. The Kier molecular flexibility index (Phi) is 5.73. The Balaban J connectivity index is 1.55. The molecule has 1 aromatic rings. The van der Waals surface area contributed by atoms with Crippen LogP contribution in [-0.4, -0.2) is 74.8 Å². The van der Waals surface area contributed by atoms with E-state index in [9.17, 15) is 9.59 Å². The van der Waals surface area contributed by atoms with Crippen molar-refractivity contribution in [2.75, 3.05) is 32.7 Å². The zero-order valence-electron chi connectivity index (χ0n) is 15.4. The molecular weight excluding hydrogens is 318 g/mol. The van der Waals surface area contributed by atoms with Gasteiger partial charge in [0, 0.05) is 58.6 Å². The van der Waals surface area contributed by atoms with Crippen molar-refractivity contribution in [1.82, 2.24) is 24.3 Å². The number of hydrogen-bond acceptors (Lipinski definition) is 4. The molecule has 1 atom stereocenters. The van der Waals surface area contributed by atoms with Crippen molar-refractivity contribution in [3.05, 3.63) is 18.2 Å². The fourth-order valence-electron chi connectivity index (χ4n) is 3.73. The van der Waals surface area contributed by atoms with Gasteiger partial charge in [0.2, 0.25) is 11.8 Å². The maximum atomic E-state index is 12.9. The lowest BCUT2D eigenvalue weighted by atomic mass is 10.1. The largest absolute Gasteiger partial charge is 0.340 e. The van der Waals surface area contributed by atoms with Crippen molar-refractivity contribution in [3.63, 3.8) is 0 Å². The van der Waals surface area contributed by atoms with Crippen molar-refractivity contribution < 1.29 is 9.59 Å². The van der Waals surface area contributed by atoms with E-state index < -0.39 is 0 Å². The summed E-state index contributed by atoms with van der Waals surface area (Å²) in [5.74, 6) is 1.26. The second kappa shape index (κ2) is 7.99. The van der Waals surface area contributed by atoms with Crippen LogP contribution in [0.25, 0.3) is 0 Å². The van der Waals surface area contributed by atoms with Gasteiger partial charge in [-0.15, -0.1) is 0 Å². The van der Waals surface area contributed by atoms with E-state index >= 15 is 0 Å². The number of aryl methyl sites for hydroxylation is 1. The topological polar surface area (TPSA) is 61.7 Å². The molecule has 7 heteroatoms. The van der Waals surface area contributed by atoms with E-state index in [2.05, 4.69) is 9.88 Å². The molecule has 2 aliphatic rings. The molecule has 0 radical (unpaired) electrons. The van der Waals surface area contributed by atoms with E-state index in [4.69, 9.17) is 0 Å². The third-order valence-electron chi connectivity index (χ3n) is 5.37. The Bertz CT molecular complexity index is 614. The van der Waals surface area contributed by atoms with E-state index in [-0.39, 0.29) is 17.9 Å². The predicted molar refractivity (Wildman–Crippen MR) is 94.7 cm³/mol. The van der Waals surface area contributed by atoms with Gasteiger partial charge in [0.05, 0.1) is 6.54 Å². The maximum absolute atomic E-state index is 12.9. The molecule has 0 aromatic carbocycles. The number of carbonyl (C=O) groups is 2. The molecule has 0 N–H and O–H groups in total. The van der Waals surface area contributed by atoms with Gasteiger partial charge in [0.1, 0.15) is 11.9 Å². The second-order valence-electron chi connectivity index (χ2n) is 7.13. The van der Waals surface area contributed by atoms with Gasteiger partial charge < -0.3 is 14.4 Å². The minimum absolute atomic E-state index is 0.0918. The molecule has 0 bridgehead atoms. The molecule has 2 fully saturated rings. The van der Waals surface area contributed by atoms with E-state index in [1.807, 2.05) is 35.8 Å². The molecular formula is C18H29N5O2. The zero-order valence-corrected chi connectivity index (χ0v) is 15.4. The molecule has 2 saturated heterocycles. The molecule has 3 rings (SSSR count). The van der Waals surface area contributed by atoms with Crippen LogP contribution in [-0.2, 0) is 23.2 Å². The Morgan fingerprint density at radius 3 is 2.72 bits per heavy atom. The van der Waals surface area contributed by atoms with Crippen LogP contribution in [0.2, 0.25) is 0 Å². The van der Waals surface area contributed by atoms with Crippen molar-refractivity contribution in [1.29, 1.82) is 0 Å². The Labute approximate surface area is 149 Å². The summed E-state index contributed by atoms with van der Waals surface area (Å²) < 4.78 is 2.04. The van der Waals surface area contributed by atoms with Crippen LogP contribution in [0.1, 0.15) is 38.4 Å². The molecule has 3 heterocycles. The van der Waals surface area contributed by atoms with Gasteiger partial charge in [-0.05, 0) is 26.2 Å². The first-order valence-corrected chi connectivity index (χ1v) is 9.33. The van der Waals surface area contributed by atoms with Crippen LogP contribution in [0.4, 0.5) is 0 Å². The first-order valence-electron chi connectivity index (χ1n) is 9.33. The SMILES string of the molecule is C[C@H](C(=O)N1CCCN(Cc2nccn2C)CC1)N1CCCCC1=O. The average molecular weight is 347 g/mol. The van der Waals surface area contributed by atoms with Crippen LogP contribution >= 0.6 is 0 Å². The van der Waals surface area contributed by atoms with Crippen LogP contribution in [0.3, 0.4) is 0 Å². The van der Waals surface area contributed by atoms with Gasteiger partial charge in [-0.1, -0.05) is 0 Å². The molecule has 0 spiro atoms. The van der Waals surface area contributed by atoms with E-state index in [0.717, 1.165) is 57.8 Å². The molecule has 1 aromatic heterocycles. The summed E-state index contributed by atoms with van der Waals surface area (Å²) in [6, 6.07) is -0.339. The number of rotatable bonds is 4. The smallest absolute Gasteiger partial charge is 0.245 e. The van der Waals surface area contributed by atoms with Crippen molar-refractivity contribution in [2.24, 2.45) is 7.05 Å². The van der Waals surface area contributed by atoms with Crippen LogP contribution < -0.4 is 0 Å². The highest BCUT2D eigenvalue weighted by Gasteiger charge is 2.31.